The van der Waals surface area contributed by atoms with Crippen LogP contribution < -0.4 is 10.2 Å². The van der Waals surface area contributed by atoms with Crippen LogP contribution in [0.1, 0.15) is 27.4 Å². The summed E-state index contributed by atoms with van der Waals surface area (Å²) in [6, 6.07) is 29.5. The molecule has 0 unspecified atom stereocenters. The van der Waals surface area contributed by atoms with Crippen molar-refractivity contribution in [3.05, 3.63) is 124 Å². The average molecular weight is 519 g/mol. The van der Waals surface area contributed by atoms with Gasteiger partial charge in [0.25, 0.3) is 11.6 Å². The fourth-order valence-electron chi connectivity index (χ4n) is 5.51. The van der Waals surface area contributed by atoms with Crippen LogP contribution in [0.25, 0.3) is 11.1 Å². The summed E-state index contributed by atoms with van der Waals surface area (Å²) in [7, 11) is 0. The molecule has 0 bridgehead atoms. The normalized spacial score (nSPS) is 14.5. The fraction of sp³-hybridized carbons (Fsp3) is 0.161. The molecule has 8 nitrogen and oxygen atoms in total. The van der Waals surface area contributed by atoms with Gasteiger partial charge in [0.15, 0.2) is 0 Å². The third-order valence-electron chi connectivity index (χ3n) is 7.48. The summed E-state index contributed by atoms with van der Waals surface area (Å²) in [6.45, 7) is 2.68. The lowest BCUT2D eigenvalue weighted by molar-refractivity contribution is -0.384. The maximum atomic E-state index is 13.7. The number of non-ortho nitro benzene ring substituents is 1. The number of anilines is 2. The second-order valence-electron chi connectivity index (χ2n) is 9.73. The van der Waals surface area contributed by atoms with Gasteiger partial charge in [0.2, 0.25) is 5.91 Å². The van der Waals surface area contributed by atoms with E-state index in [1.807, 2.05) is 53.4 Å². The molecule has 1 aliphatic heterocycles. The summed E-state index contributed by atoms with van der Waals surface area (Å²) in [5.41, 5.74) is 6.14. The Morgan fingerprint density at radius 3 is 2.00 bits per heavy atom. The topological polar surface area (TPSA) is 95.8 Å². The van der Waals surface area contributed by atoms with E-state index in [1.54, 1.807) is 6.07 Å². The van der Waals surface area contributed by atoms with E-state index in [9.17, 15) is 19.7 Å². The zero-order valence-corrected chi connectivity index (χ0v) is 21.1. The van der Waals surface area contributed by atoms with E-state index < -0.39 is 10.8 Å². The number of rotatable bonds is 5. The predicted molar refractivity (Wildman–Crippen MR) is 150 cm³/mol. The zero-order valence-electron chi connectivity index (χ0n) is 21.1. The van der Waals surface area contributed by atoms with Gasteiger partial charge in [0, 0.05) is 55.2 Å². The number of hydrogen-bond acceptors (Lipinski definition) is 5. The number of nitrogens with one attached hydrogen (secondary N) is 1. The summed E-state index contributed by atoms with van der Waals surface area (Å²) >= 11 is 0. The number of carbonyl (C=O) groups excluding carboxylic acids is 2. The van der Waals surface area contributed by atoms with Gasteiger partial charge in [-0.05, 0) is 52.6 Å². The largest absolute Gasteiger partial charge is 0.368 e. The lowest BCUT2D eigenvalue weighted by Crippen LogP contribution is -2.50. The second-order valence-corrected chi connectivity index (χ2v) is 9.73. The number of carbonyl (C=O) groups is 2. The standard InChI is InChI=1S/C31H26N4O4/c36-30(21-6-5-7-24(20-21)35(38)39)32-22-12-14-23(15-13-22)33-16-18-34(19-17-33)31(37)29-27-10-3-1-8-25(27)26-9-2-4-11-28(26)29/h1-15,20,29H,16-19H2,(H,32,36). The zero-order chi connectivity index (χ0) is 26.9. The Hall–Kier alpha value is -4.98. The molecule has 39 heavy (non-hydrogen) atoms. The SMILES string of the molecule is O=C(Nc1ccc(N2CCN(C(=O)C3c4ccccc4-c4ccccc43)CC2)cc1)c1cccc([N+](=O)[O-])c1. The monoisotopic (exact) mass is 518 g/mol. The fourth-order valence-corrected chi connectivity index (χ4v) is 5.51. The Bertz CT molecular complexity index is 1530. The molecule has 6 rings (SSSR count). The molecular formula is C31H26N4O4. The van der Waals surface area contributed by atoms with Crippen molar-refractivity contribution in [3.8, 4) is 11.1 Å². The molecule has 1 saturated heterocycles. The highest BCUT2D eigenvalue weighted by Gasteiger charge is 2.36. The summed E-state index contributed by atoms with van der Waals surface area (Å²) < 4.78 is 0. The predicted octanol–water partition coefficient (Wildman–Crippen LogP) is 5.31. The Morgan fingerprint density at radius 2 is 1.38 bits per heavy atom. The molecule has 0 saturated carbocycles. The van der Waals surface area contributed by atoms with Crippen LogP contribution >= 0.6 is 0 Å². The first-order valence-electron chi connectivity index (χ1n) is 12.9. The third-order valence-corrected chi connectivity index (χ3v) is 7.48. The van der Waals surface area contributed by atoms with Crippen molar-refractivity contribution in [2.45, 2.75) is 5.92 Å². The number of nitro groups is 1. The van der Waals surface area contributed by atoms with E-state index >= 15 is 0 Å². The van der Waals surface area contributed by atoms with Crippen LogP contribution in [0.15, 0.2) is 97.1 Å². The van der Waals surface area contributed by atoms with Crippen molar-refractivity contribution in [3.63, 3.8) is 0 Å². The summed E-state index contributed by atoms with van der Waals surface area (Å²) in [4.78, 5) is 40.9. The van der Waals surface area contributed by atoms with Crippen LogP contribution in [0.5, 0.6) is 0 Å². The lowest BCUT2D eigenvalue weighted by atomic mass is 9.95. The van der Waals surface area contributed by atoms with Gasteiger partial charge in [-0.25, -0.2) is 0 Å². The highest BCUT2D eigenvalue weighted by Crippen LogP contribution is 2.45. The van der Waals surface area contributed by atoms with E-state index in [-0.39, 0.29) is 23.1 Å². The van der Waals surface area contributed by atoms with Gasteiger partial charge in [-0.3, -0.25) is 19.7 Å². The van der Waals surface area contributed by atoms with Crippen LogP contribution in [0, 0.1) is 10.1 Å². The minimum atomic E-state index is -0.523. The van der Waals surface area contributed by atoms with Gasteiger partial charge in [0.1, 0.15) is 0 Å². The molecule has 4 aromatic rings. The Morgan fingerprint density at radius 1 is 0.769 bits per heavy atom. The van der Waals surface area contributed by atoms with Crippen LogP contribution in [0.2, 0.25) is 0 Å². The minimum Gasteiger partial charge on any atom is -0.368 e. The summed E-state index contributed by atoms with van der Waals surface area (Å²) in [5, 5.41) is 13.8. The maximum Gasteiger partial charge on any atom is 0.270 e. The van der Waals surface area contributed by atoms with E-state index in [0.717, 1.165) is 27.9 Å². The minimum absolute atomic E-state index is 0.128. The van der Waals surface area contributed by atoms with Crippen LogP contribution in [-0.4, -0.2) is 47.8 Å². The highest BCUT2D eigenvalue weighted by molar-refractivity contribution is 6.04. The molecule has 2 aliphatic rings. The molecule has 8 heteroatoms. The number of piperazine rings is 1. The maximum absolute atomic E-state index is 13.7. The van der Waals surface area contributed by atoms with Crippen molar-refractivity contribution >= 4 is 28.9 Å². The molecule has 1 aliphatic carbocycles. The number of benzene rings is 4. The smallest absolute Gasteiger partial charge is 0.270 e. The first kappa shape index (κ1) is 24.4. The molecule has 1 heterocycles. The quantitative estimate of drug-likeness (QED) is 0.285. The van der Waals surface area contributed by atoms with Gasteiger partial charge in [0.05, 0.1) is 10.8 Å². The first-order valence-corrected chi connectivity index (χ1v) is 12.9. The summed E-state index contributed by atoms with van der Waals surface area (Å²) in [6.07, 6.45) is 0. The molecule has 0 radical (unpaired) electrons. The molecule has 4 aromatic carbocycles. The molecule has 2 amide bonds. The van der Waals surface area contributed by atoms with Crippen molar-refractivity contribution in [2.24, 2.45) is 0 Å². The molecule has 1 fully saturated rings. The number of hydrogen-bond donors (Lipinski definition) is 1. The molecule has 0 aromatic heterocycles. The highest BCUT2D eigenvalue weighted by atomic mass is 16.6. The van der Waals surface area contributed by atoms with Crippen molar-refractivity contribution in [1.82, 2.24) is 4.90 Å². The Labute approximate surface area is 225 Å². The van der Waals surface area contributed by atoms with Crippen LogP contribution in [0.3, 0.4) is 0 Å². The van der Waals surface area contributed by atoms with Gasteiger partial charge < -0.3 is 15.1 Å². The van der Waals surface area contributed by atoms with E-state index in [2.05, 4.69) is 34.5 Å². The molecule has 0 spiro atoms. The second kappa shape index (κ2) is 10.1. The molecule has 1 N–H and O–H groups in total. The van der Waals surface area contributed by atoms with Crippen molar-refractivity contribution < 1.29 is 14.5 Å². The van der Waals surface area contributed by atoms with E-state index in [4.69, 9.17) is 0 Å². The van der Waals surface area contributed by atoms with Crippen LogP contribution in [0.4, 0.5) is 17.1 Å². The third kappa shape index (κ3) is 4.61. The van der Waals surface area contributed by atoms with Gasteiger partial charge in [-0.2, -0.15) is 0 Å². The van der Waals surface area contributed by atoms with E-state index in [1.165, 1.54) is 18.2 Å². The number of amides is 2. The van der Waals surface area contributed by atoms with Crippen molar-refractivity contribution in [2.75, 3.05) is 36.4 Å². The summed E-state index contributed by atoms with van der Waals surface area (Å²) in [5.74, 6) is -0.530. The Kier molecular flexibility index (Phi) is 6.28. The lowest BCUT2D eigenvalue weighted by Gasteiger charge is -2.37. The average Bonchev–Trinajstić information content (AvgIpc) is 3.32. The molecule has 194 valence electrons. The number of fused-ring (bicyclic) bond motifs is 3. The van der Waals surface area contributed by atoms with Crippen LogP contribution in [-0.2, 0) is 4.79 Å². The van der Waals surface area contributed by atoms with Gasteiger partial charge >= 0.3 is 0 Å². The van der Waals surface area contributed by atoms with E-state index in [0.29, 0.717) is 31.9 Å². The van der Waals surface area contributed by atoms with Crippen molar-refractivity contribution in [1.29, 1.82) is 0 Å². The number of nitrogens with zero attached hydrogens (tertiary/aromatic N) is 3. The van der Waals surface area contributed by atoms with Gasteiger partial charge in [-0.1, -0.05) is 54.6 Å². The Balaban J connectivity index is 1.09. The number of nitro benzene ring substituents is 1. The molecular weight excluding hydrogens is 492 g/mol. The molecule has 0 atom stereocenters. The first-order chi connectivity index (χ1) is 19.0. The van der Waals surface area contributed by atoms with Gasteiger partial charge in [-0.15, -0.1) is 0 Å².